The van der Waals surface area contributed by atoms with Gasteiger partial charge in [0, 0.05) is 70.6 Å². The lowest BCUT2D eigenvalue weighted by Crippen LogP contribution is -2.47. The SMILES string of the molecule is COCCCOc1cc(C(=O)N(C[C@@H]2CNCC2CN(C2CC2)C(O)OC2CCOCC2)C(C)C)ccc1OC. The van der Waals surface area contributed by atoms with Crippen LogP contribution in [0.15, 0.2) is 18.2 Å². The van der Waals surface area contributed by atoms with Crippen LogP contribution in [0.1, 0.15) is 56.3 Å². The maximum atomic E-state index is 13.8. The zero-order valence-corrected chi connectivity index (χ0v) is 24.7. The molecule has 3 aliphatic rings. The van der Waals surface area contributed by atoms with E-state index in [1.807, 2.05) is 11.0 Å². The van der Waals surface area contributed by atoms with Crippen LogP contribution in [0, 0.1) is 11.8 Å². The molecule has 1 aromatic rings. The largest absolute Gasteiger partial charge is 0.493 e. The van der Waals surface area contributed by atoms with E-state index in [0.717, 1.165) is 51.7 Å². The Hall–Kier alpha value is -1.95. The molecule has 4 rings (SSSR count). The van der Waals surface area contributed by atoms with Gasteiger partial charge in [-0.15, -0.1) is 0 Å². The maximum absolute atomic E-state index is 13.8. The quantitative estimate of drug-likeness (QED) is 0.232. The fourth-order valence-electron chi connectivity index (χ4n) is 5.63. The second-order valence-corrected chi connectivity index (χ2v) is 11.5. The number of carbonyl (C=O) groups is 1. The Labute approximate surface area is 239 Å². The molecular formula is C30H49N3O7. The van der Waals surface area contributed by atoms with Gasteiger partial charge in [-0.1, -0.05) is 0 Å². The molecule has 40 heavy (non-hydrogen) atoms. The zero-order chi connectivity index (χ0) is 28.5. The summed E-state index contributed by atoms with van der Waals surface area (Å²) in [6.07, 6.45) is 3.70. The molecule has 2 unspecified atom stereocenters. The van der Waals surface area contributed by atoms with Gasteiger partial charge in [0.05, 0.1) is 19.8 Å². The van der Waals surface area contributed by atoms with E-state index in [0.29, 0.717) is 62.0 Å². The predicted octanol–water partition coefficient (Wildman–Crippen LogP) is 2.73. The standard InChI is InChI=1S/C30H49N3O7/c1-21(2)32(29(34)22-6-9-27(37-4)28(16-22)39-13-5-12-36-3)19-23-17-31-18-24(23)20-33(25-7-8-25)30(35)40-26-10-14-38-15-11-26/h6,9,16,21,23-26,30-31,35H,5,7-8,10-15,17-20H2,1-4H3/t23-,24?,30?/m0/s1. The van der Waals surface area contributed by atoms with Gasteiger partial charge in [0.2, 0.25) is 6.41 Å². The van der Waals surface area contributed by atoms with Gasteiger partial charge in [0.1, 0.15) is 0 Å². The Morgan fingerprint density at radius 3 is 2.42 bits per heavy atom. The number of benzene rings is 1. The predicted molar refractivity (Wildman–Crippen MR) is 152 cm³/mol. The summed E-state index contributed by atoms with van der Waals surface area (Å²) in [5, 5.41) is 14.6. The third-order valence-electron chi connectivity index (χ3n) is 8.18. The second-order valence-electron chi connectivity index (χ2n) is 11.5. The van der Waals surface area contributed by atoms with E-state index in [1.165, 1.54) is 0 Å². The minimum Gasteiger partial charge on any atom is -0.493 e. The highest BCUT2D eigenvalue weighted by Crippen LogP contribution is 2.33. The van der Waals surface area contributed by atoms with Crippen LogP contribution in [0.25, 0.3) is 0 Å². The Morgan fingerprint density at radius 2 is 1.77 bits per heavy atom. The third-order valence-corrected chi connectivity index (χ3v) is 8.18. The third kappa shape index (κ3) is 8.53. The van der Waals surface area contributed by atoms with Gasteiger partial charge in [0.25, 0.3) is 5.91 Å². The molecule has 2 heterocycles. The number of amides is 1. The van der Waals surface area contributed by atoms with Crippen LogP contribution in [-0.2, 0) is 14.2 Å². The van der Waals surface area contributed by atoms with E-state index in [-0.39, 0.29) is 24.0 Å². The van der Waals surface area contributed by atoms with E-state index in [2.05, 4.69) is 24.1 Å². The highest BCUT2D eigenvalue weighted by atomic mass is 16.6. The molecule has 2 N–H and O–H groups in total. The molecule has 0 radical (unpaired) electrons. The lowest BCUT2D eigenvalue weighted by molar-refractivity contribution is -0.233. The Bertz CT molecular complexity index is 923. The first kappa shape index (κ1) is 31.0. The van der Waals surface area contributed by atoms with Gasteiger partial charge in [-0.2, -0.15) is 0 Å². The first-order valence-electron chi connectivity index (χ1n) is 14.9. The van der Waals surface area contributed by atoms with Crippen molar-refractivity contribution in [3.63, 3.8) is 0 Å². The number of aliphatic hydroxyl groups excluding tert-OH is 1. The molecule has 1 saturated carbocycles. The average Bonchev–Trinajstić information content (AvgIpc) is 3.71. The Morgan fingerprint density at radius 1 is 1.05 bits per heavy atom. The molecule has 3 fully saturated rings. The van der Waals surface area contributed by atoms with Gasteiger partial charge in [0.15, 0.2) is 11.5 Å². The summed E-state index contributed by atoms with van der Waals surface area (Å²) in [5.41, 5.74) is 0.582. The fourth-order valence-corrected chi connectivity index (χ4v) is 5.63. The minimum absolute atomic E-state index is 0.0213. The van der Waals surface area contributed by atoms with Gasteiger partial charge in [-0.25, -0.2) is 0 Å². The van der Waals surface area contributed by atoms with Crippen LogP contribution in [0.4, 0.5) is 0 Å². The summed E-state index contributed by atoms with van der Waals surface area (Å²) >= 11 is 0. The number of carbonyl (C=O) groups excluding carboxylic acids is 1. The van der Waals surface area contributed by atoms with Crippen LogP contribution in [0.2, 0.25) is 0 Å². The van der Waals surface area contributed by atoms with E-state index in [9.17, 15) is 9.90 Å². The lowest BCUT2D eigenvalue weighted by atomic mass is 9.94. The van der Waals surface area contributed by atoms with Crippen molar-refractivity contribution in [1.82, 2.24) is 15.1 Å². The second kappa shape index (κ2) is 15.3. The fraction of sp³-hybridized carbons (Fsp3) is 0.767. The molecule has 2 saturated heterocycles. The van der Waals surface area contributed by atoms with E-state index in [4.69, 9.17) is 23.7 Å². The number of rotatable bonds is 16. The minimum atomic E-state index is -0.902. The van der Waals surface area contributed by atoms with E-state index < -0.39 is 6.41 Å². The number of aliphatic hydroxyl groups is 1. The summed E-state index contributed by atoms with van der Waals surface area (Å²) in [5.74, 6) is 1.72. The number of methoxy groups -OCH3 is 2. The molecule has 1 aliphatic carbocycles. The summed E-state index contributed by atoms with van der Waals surface area (Å²) in [7, 11) is 3.26. The lowest BCUT2D eigenvalue weighted by Gasteiger charge is -2.36. The average molecular weight is 564 g/mol. The van der Waals surface area contributed by atoms with Crippen molar-refractivity contribution < 1.29 is 33.6 Å². The molecule has 0 spiro atoms. The molecule has 10 heteroatoms. The number of nitrogens with zero attached hydrogens (tertiary/aromatic N) is 2. The normalized spacial score (nSPS) is 22.6. The van der Waals surface area contributed by atoms with Crippen molar-refractivity contribution in [2.45, 2.75) is 70.6 Å². The first-order valence-corrected chi connectivity index (χ1v) is 14.9. The van der Waals surface area contributed by atoms with Crippen molar-refractivity contribution in [2.75, 3.05) is 66.8 Å². The van der Waals surface area contributed by atoms with Crippen molar-refractivity contribution in [3.05, 3.63) is 23.8 Å². The molecule has 0 aromatic heterocycles. The molecular weight excluding hydrogens is 514 g/mol. The van der Waals surface area contributed by atoms with Crippen LogP contribution in [0.3, 0.4) is 0 Å². The molecule has 226 valence electrons. The van der Waals surface area contributed by atoms with Crippen LogP contribution in [0.5, 0.6) is 11.5 Å². The maximum Gasteiger partial charge on any atom is 0.254 e. The molecule has 1 amide bonds. The van der Waals surface area contributed by atoms with Crippen LogP contribution < -0.4 is 14.8 Å². The van der Waals surface area contributed by atoms with Gasteiger partial charge in [-0.05, 0) is 76.1 Å². The molecule has 10 nitrogen and oxygen atoms in total. The van der Waals surface area contributed by atoms with E-state index in [1.54, 1.807) is 26.4 Å². The monoisotopic (exact) mass is 563 g/mol. The Balaban J connectivity index is 1.40. The van der Waals surface area contributed by atoms with Crippen molar-refractivity contribution >= 4 is 5.91 Å². The van der Waals surface area contributed by atoms with Crippen molar-refractivity contribution in [3.8, 4) is 11.5 Å². The number of hydrogen-bond donors (Lipinski definition) is 2. The molecule has 0 bridgehead atoms. The Kier molecular flexibility index (Phi) is 11.9. The van der Waals surface area contributed by atoms with Crippen LogP contribution >= 0.6 is 0 Å². The number of nitrogens with one attached hydrogen (secondary N) is 1. The number of ether oxygens (including phenoxy) is 5. The van der Waals surface area contributed by atoms with E-state index >= 15 is 0 Å². The molecule has 2 aliphatic heterocycles. The smallest absolute Gasteiger partial charge is 0.254 e. The summed E-state index contributed by atoms with van der Waals surface area (Å²) in [6.45, 7) is 9.66. The number of hydrogen-bond acceptors (Lipinski definition) is 9. The van der Waals surface area contributed by atoms with Gasteiger partial charge >= 0.3 is 0 Å². The molecule has 1 aromatic carbocycles. The molecule has 3 atom stereocenters. The van der Waals surface area contributed by atoms with Crippen molar-refractivity contribution in [2.24, 2.45) is 11.8 Å². The zero-order valence-electron chi connectivity index (χ0n) is 24.7. The highest BCUT2D eigenvalue weighted by molar-refractivity contribution is 5.95. The van der Waals surface area contributed by atoms with Gasteiger partial charge in [-0.3, -0.25) is 9.69 Å². The van der Waals surface area contributed by atoms with Gasteiger partial charge < -0.3 is 39.0 Å². The topological polar surface area (TPSA) is 102 Å². The summed E-state index contributed by atoms with van der Waals surface area (Å²) in [6, 6.07) is 5.78. The summed E-state index contributed by atoms with van der Waals surface area (Å²) in [4.78, 5) is 17.9. The van der Waals surface area contributed by atoms with Crippen molar-refractivity contribution in [1.29, 1.82) is 0 Å². The summed E-state index contributed by atoms with van der Waals surface area (Å²) < 4.78 is 28.0. The first-order chi connectivity index (χ1) is 19.4. The highest BCUT2D eigenvalue weighted by Gasteiger charge is 2.40. The van der Waals surface area contributed by atoms with Crippen LogP contribution in [-0.4, -0.2) is 112 Å².